The number of methoxy groups -OCH3 is 1. The van der Waals surface area contributed by atoms with Crippen LogP contribution in [0.3, 0.4) is 0 Å². The number of carbonyl (C=O) groups is 2. The predicted octanol–water partition coefficient (Wildman–Crippen LogP) is 10.2. The summed E-state index contributed by atoms with van der Waals surface area (Å²) in [5.74, 6) is -2.39. The molecule has 2 aliphatic heterocycles. The van der Waals surface area contributed by atoms with Crippen LogP contribution in [-0.2, 0) is 37.3 Å². The van der Waals surface area contributed by atoms with Gasteiger partial charge in [-0.2, -0.15) is 0 Å². The molecular formula is C63H63Cl2F2N11O5. The number of rotatable bonds is 18. The van der Waals surface area contributed by atoms with Crippen molar-refractivity contribution < 1.29 is 23.1 Å². The Labute approximate surface area is 488 Å². The minimum Gasteiger partial charge on any atom is -0.464 e. The topological polar surface area (TPSA) is 178 Å². The van der Waals surface area contributed by atoms with Crippen molar-refractivity contribution in [2.75, 3.05) is 43.1 Å². The lowest BCUT2D eigenvalue weighted by molar-refractivity contribution is 0.0594. The molecule has 2 aliphatic carbocycles. The van der Waals surface area contributed by atoms with Gasteiger partial charge in [-0.1, -0.05) is 23.2 Å². The van der Waals surface area contributed by atoms with E-state index >= 15 is 8.78 Å². The van der Waals surface area contributed by atoms with E-state index in [1.807, 2.05) is 49.8 Å². The fraction of sp³-hybridized carbons (Fsp3) is 0.365. The molecule has 2 saturated carbocycles. The molecule has 83 heavy (non-hydrogen) atoms. The van der Waals surface area contributed by atoms with Crippen LogP contribution in [0.1, 0.15) is 112 Å². The van der Waals surface area contributed by atoms with E-state index in [1.165, 1.54) is 19.2 Å². The van der Waals surface area contributed by atoms with Gasteiger partial charge in [0.2, 0.25) is 0 Å². The van der Waals surface area contributed by atoms with Crippen LogP contribution in [0.15, 0.2) is 120 Å². The lowest BCUT2D eigenvalue weighted by Crippen LogP contribution is -2.51. The van der Waals surface area contributed by atoms with E-state index in [0.29, 0.717) is 78.6 Å². The highest BCUT2D eigenvalue weighted by atomic mass is 35.5. The summed E-state index contributed by atoms with van der Waals surface area (Å²) < 4.78 is 39.6. The van der Waals surface area contributed by atoms with E-state index in [0.717, 1.165) is 85.4 Å². The first kappa shape index (κ1) is 55.9. The molecule has 0 radical (unpaired) electrons. The van der Waals surface area contributed by atoms with Crippen molar-refractivity contribution >= 4 is 68.3 Å². The molecule has 12 rings (SSSR count). The number of halogens is 4. The minimum atomic E-state index is -0.640. The number of anilines is 2. The van der Waals surface area contributed by atoms with Crippen LogP contribution in [0, 0.1) is 24.5 Å². The zero-order valence-electron chi connectivity index (χ0n) is 46.2. The monoisotopic (exact) mass is 1160 g/mol. The zero-order valence-corrected chi connectivity index (χ0v) is 47.7. The molecule has 0 spiro atoms. The summed E-state index contributed by atoms with van der Waals surface area (Å²) in [5, 5.41) is 0.537. The summed E-state index contributed by atoms with van der Waals surface area (Å²) in [4.78, 5) is 81.2. The number of aromatic nitrogens is 6. The fourth-order valence-electron chi connectivity index (χ4n) is 12.4. The number of pyridine rings is 6. The normalized spacial score (nSPS) is 18.4. The third kappa shape index (κ3) is 12.2. The Bertz CT molecular complexity index is 3910. The Balaban J connectivity index is 0.880. The van der Waals surface area contributed by atoms with Gasteiger partial charge in [-0.3, -0.25) is 34.2 Å². The van der Waals surface area contributed by atoms with Gasteiger partial charge < -0.3 is 29.4 Å². The van der Waals surface area contributed by atoms with Gasteiger partial charge in [-0.05, 0) is 148 Å². The second kappa shape index (κ2) is 23.5. The lowest BCUT2D eigenvalue weighted by atomic mass is 9.88. The lowest BCUT2D eigenvalue weighted by Gasteiger charge is -2.44. The quantitative estimate of drug-likeness (QED) is 0.0804. The second-order valence-corrected chi connectivity index (χ2v) is 23.7. The number of esters is 1. The molecule has 2 saturated heterocycles. The highest BCUT2D eigenvalue weighted by Crippen LogP contribution is 2.40. The van der Waals surface area contributed by atoms with Crippen molar-refractivity contribution in [3.8, 4) is 0 Å². The van der Waals surface area contributed by atoms with Crippen LogP contribution in [-0.4, -0.2) is 96.1 Å². The van der Waals surface area contributed by atoms with Gasteiger partial charge in [0.05, 0.1) is 52.0 Å². The molecule has 4 fully saturated rings. The van der Waals surface area contributed by atoms with Gasteiger partial charge in [-0.15, -0.1) is 0 Å². The summed E-state index contributed by atoms with van der Waals surface area (Å²) in [7, 11) is 1.33. The first-order chi connectivity index (χ1) is 40.1. The minimum absolute atomic E-state index is 0.0272. The van der Waals surface area contributed by atoms with Crippen molar-refractivity contribution in [2.45, 2.75) is 109 Å². The summed E-state index contributed by atoms with van der Waals surface area (Å²) in [6, 6.07) is 21.1. The van der Waals surface area contributed by atoms with E-state index in [-0.39, 0.29) is 68.9 Å². The van der Waals surface area contributed by atoms with Crippen molar-refractivity contribution in [1.82, 2.24) is 38.9 Å². The van der Waals surface area contributed by atoms with Gasteiger partial charge >= 0.3 is 5.97 Å². The summed E-state index contributed by atoms with van der Waals surface area (Å²) in [6.45, 7) is 6.08. The molecular weight excluding hydrogens is 1100 g/mol. The maximum Gasteiger partial charge on any atom is 0.356 e. The molecule has 8 heterocycles. The molecule has 428 valence electrons. The molecule has 1 unspecified atom stereocenters. The number of primary amides is 1. The smallest absolute Gasteiger partial charge is 0.356 e. The molecule has 6 aromatic heterocycles. The summed E-state index contributed by atoms with van der Waals surface area (Å²) in [5.41, 5.74) is 13.3. The molecule has 2 aromatic carbocycles. The van der Waals surface area contributed by atoms with Crippen LogP contribution in [0.5, 0.6) is 0 Å². The van der Waals surface area contributed by atoms with Crippen molar-refractivity contribution in [2.24, 2.45) is 11.7 Å². The first-order valence-electron chi connectivity index (χ1n) is 28.3. The average molecular weight is 1160 g/mol. The number of carbonyl (C=O) groups excluding carboxylic acids is 2. The number of aryl methyl sites for hydroxylation is 1. The van der Waals surface area contributed by atoms with E-state index in [9.17, 15) is 19.2 Å². The molecule has 3 atom stereocenters. The van der Waals surface area contributed by atoms with Crippen LogP contribution >= 0.6 is 23.2 Å². The fourth-order valence-corrected chi connectivity index (χ4v) is 12.7. The maximum absolute atomic E-state index is 15.2. The van der Waals surface area contributed by atoms with E-state index in [4.69, 9.17) is 38.7 Å². The maximum atomic E-state index is 15.2. The van der Waals surface area contributed by atoms with Crippen LogP contribution in [0.4, 0.5) is 20.2 Å². The Morgan fingerprint density at radius 3 is 1.77 bits per heavy atom. The Morgan fingerprint density at radius 2 is 1.22 bits per heavy atom. The van der Waals surface area contributed by atoms with E-state index < -0.39 is 23.5 Å². The Morgan fingerprint density at radius 1 is 0.663 bits per heavy atom. The summed E-state index contributed by atoms with van der Waals surface area (Å²) in [6.07, 6.45) is 17.7. The van der Waals surface area contributed by atoms with Gasteiger partial charge in [0.15, 0.2) is 10.9 Å². The molecule has 20 heteroatoms. The van der Waals surface area contributed by atoms with Crippen molar-refractivity contribution in [3.63, 3.8) is 0 Å². The third-order valence-corrected chi connectivity index (χ3v) is 17.4. The van der Waals surface area contributed by atoms with Crippen LogP contribution in [0.25, 0.3) is 21.8 Å². The third-order valence-electron chi connectivity index (χ3n) is 16.9. The SMILES string of the molecule is COC(=O)c1ccc(N2CC(Cc3cc(CN(Cc4cn(C5CC5)c5cc(Cl)c(F)cc5c4=O)[C@H]4CCCN(c5ccc(C(N)=O)nc5)C4)ccn3)C[C@H](N(Cc3ccnc(C)c3)Cc3cn(C4CC4)c4cc(Cl)c(F)cc4c3=O)C2)cn1. The Hall–Kier alpha value is -7.64. The van der Waals surface area contributed by atoms with E-state index in [2.05, 4.69) is 55.8 Å². The molecule has 8 aromatic rings. The number of amides is 1. The zero-order chi connectivity index (χ0) is 57.6. The van der Waals surface area contributed by atoms with Gasteiger partial charge in [0, 0.05) is 135 Å². The van der Waals surface area contributed by atoms with Gasteiger partial charge in [0.1, 0.15) is 23.0 Å². The highest BCUT2D eigenvalue weighted by molar-refractivity contribution is 6.31. The number of nitrogens with two attached hydrogens (primary N) is 1. The van der Waals surface area contributed by atoms with Crippen LogP contribution in [0.2, 0.25) is 10.0 Å². The van der Waals surface area contributed by atoms with Crippen molar-refractivity contribution in [3.05, 3.63) is 197 Å². The number of ether oxygens (including phenoxy) is 1. The number of hydrogen-bond acceptors (Lipinski definition) is 13. The Kier molecular flexibility index (Phi) is 15.9. The highest BCUT2D eigenvalue weighted by Gasteiger charge is 2.35. The second-order valence-electron chi connectivity index (χ2n) is 22.8. The average Bonchev–Trinajstić information content (AvgIpc) is 4.41. The first-order valence-corrected chi connectivity index (χ1v) is 29.1. The summed E-state index contributed by atoms with van der Waals surface area (Å²) >= 11 is 12.6. The standard InChI is InChI=1S/C63H63Cl2F2N11O5/c1-37-18-38(13-15-69-37)28-75(32-42-34-78(45-7-8-45)59-25-53(65)55(67)23-51(59)61(42)80)49-21-40(30-76(36-49)47-10-12-57(72-27-47)63(82)83-2)20-43-19-39(14-16-70-43)29-74(48-4-3-17-73(35-48)46-9-11-56(62(68)81)71-26-46)31-41-33-77(44-5-6-44)58-24-52(64)54(66)22-50(58)60(41)79/h9-16,18-19,22-27,33-34,40,44-45,48-49H,3-8,17,20-21,28-32,35-36H2,1-2H3,(H2,68,81)/t40?,48-,49-/m0/s1. The predicted molar refractivity (Wildman–Crippen MR) is 316 cm³/mol. The number of piperidine rings is 2. The van der Waals surface area contributed by atoms with E-state index in [1.54, 1.807) is 42.9 Å². The number of nitrogens with zero attached hydrogens (tertiary/aromatic N) is 10. The molecule has 4 aliphatic rings. The van der Waals surface area contributed by atoms with Crippen molar-refractivity contribution in [1.29, 1.82) is 0 Å². The largest absolute Gasteiger partial charge is 0.464 e. The number of hydrogen-bond donors (Lipinski definition) is 1. The van der Waals surface area contributed by atoms with Gasteiger partial charge in [-0.25, -0.2) is 23.5 Å². The van der Waals surface area contributed by atoms with Crippen LogP contribution < -0.4 is 26.4 Å². The number of fused-ring (bicyclic) bond motifs is 2. The molecule has 2 N–H and O–H groups in total. The van der Waals surface area contributed by atoms with Gasteiger partial charge in [0.25, 0.3) is 5.91 Å². The molecule has 16 nitrogen and oxygen atoms in total. The number of benzene rings is 2. The molecule has 0 bridgehead atoms. The molecule has 1 amide bonds.